The molecule has 1 aromatic carbocycles. The normalized spacial score (nSPS) is 11.7. The third kappa shape index (κ3) is 3.41. The third-order valence-corrected chi connectivity index (χ3v) is 4.09. The van der Waals surface area contributed by atoms with Crippen molar-refractivity contribution in [2.45, 2.75) is 32.7 Å². The van der Waals surface area contributed by atoms with E-state index < -0.39 is 0 Å². The molecule has 4 nitrogen and oxygen atoms in total. The minimum Gasteiger partial charge on any atom is -0.399 e. The Balaban J connectivity index is 2.18. The van der Waals surface area contributed by atoms with Gasteiger partial charge in [-0.15, -0.1) is 0 Å². The Kier molecular flexibility index (Phi) is 4.20. The van der Waals surface area contributed by atoms with Gasteiger partial charge in [-0.25, -0.2) is 4.98 Å². The Morgan fingerprint density at radius 1 is 1.35 bits per heavy atom. The Hall–Kier alpha value is -1.33. The molecule has 0 fully saturated rings. The highest BCUT2D eigenvalue weighted by Crippen LogP contribution is 2.27. The van der Waals surface area contributed by atoms with Crippen molar-refractivity contribution < 1.29 is 0 Å². The van der Waals surface area contributed by atoms with Crippen molar-refractivity contribution in [1.82, 2.24) is 9.36 Å². The minimum atomic E-state index is -0.0373. The first-order chi connectivity index (χ1) is 9.27. The predicted octanol–water partition coefficient (Wildman–Crippen LogP) is 3.71. The second kappa shape index (κ2) is 5.58. The van der Waals surface area contributed by atoms with Crippen molar-refractivity contribution in [1.29, 1.82) is 0 Å². The van der Waals surface area contributed by atoms with E-state index in [1.807, 2.05) is 24.1 Å². The first-order valence-electron chi connectivity index (χ1n) is 6.36. The highest BCUT2D eigenvalue weighted by atomic mass is 35.5. The van der Waals surface area contributed by atoms with Crippen LogP contribution < -0.4 is 10.6 Å². The van der Waals surface area contributed by atoms with Crippen LogP contribution in [0.3, 0.4) is 0 Å². The maximum absolute atomic E-state index is 6.19. The van der Waals surface area contributed by atoms with Crippen LogP contribution in [0.15, 0.2) is 18.2 Å². The van der Waals surface area contributed by atoms with E-state index in [9.17, 15) is 0 Å². The molecule has 0 saturated heterocycles. The van der Waals surface area contributed by atoms with Crippen LogP contribution in [-0.4, -0.2) is 16.4 Å². The van der Waals surface area contributed by atoms with Crippen molar-refractivity contribution in [2.24, 2.45) is 0 Å². The summed E-state index contributed by atoms with van der Waals surface area (Å²) in [6.45, 7) is 6.97. The molecule has 0 unspecified atom stereocenters. The van der Waals surface area contributed by atoms with Crippen LogP contribution in [0.25, 0.3) is 0 Å². The molecule has 20 heavy (non-hydrogen) atoms. The van der Waals surface area contributed by atoms with Gasteiger partial charge in [-0.3, -0.25) is 0 Å². The lowest BCUT2D eigenvalue weighted by atomic mass is 9.96. The molecule has 0 aliphatic rings. The lowest BCUT2D eigenvalue weighted by Crippen LogP contribution is -2.18. The van der Waals surface area contributed by atoms with E-state index in [1.165, 1.54) is 11.5 Å². The third-order valence-electron chi connectivity index (χ3n) is 2.89. The maximum atomic E-state index is 6.19. The summed E-state index contributed by atoms with van der Waals surface area (Å²) in [4.78, 5) is 6.62. The molecular weight excluding hydrogens is 292 g/mol. The molecule has 0 aliphatic carbocycles. The fourth-order valence-electron chi connectivity index (χ4n) is 1.71. The van der Waals surface area contributed by atoms with Crippen LogP contribution in [0.5, 0.6) is 0 Å². The minimum absolute atomic E-state index is 0.0373. The number of benzene rings is 1. The average Bonchev–Trinajstić information content (AvgIpc) is 2.83. The van der Waals surface area contributed by atoms with Crippen LogP contribution in [0.4, 0.5) is 10.8 Å². The van der Waals surface area contributed by atoms with E-state index in [0.717, 1.165) is 16.5 Å². The molecule has 2 N–H and O–H groups in total. The Labute approximate surface area is 128 Å². The standard InChI is InChI=1S/C14H19ClN4S/c1-14(2,3)12-17-13(20-18-12)19(4)8-9-7-10(16)5-6-11(9)15/h5-7H,8,16H2,1-4H3. The molecule has 0 aliphatic heterocycles. The number of nitrogens with two attached hydrogens (primary N) is 1. The molecule has 0 saturated carbocycles. The van der Waals surface area contributed by atoms with Gasteiger partial charge in [0.2, 0.25) is 5.13 Å². The SMILES string of the molecule is CN(Cc1cc(N)ccc1Cl)c1nc(C(C)(C)C)ns1. The molecule has 2 rings (SSSR count). The number of rotatable bonds is 3. The predicted molar refractivity (Wildman–Crippen MR) is 86.6 cm³/mol. The fourth-order valence-corrected chi connectivity index (χ4v) is 2.71. The van der Waals surface area contributed by atoms with E-state index in [2.05, 4.69) is 30.1 Å². The summed E-state index contributed by atoms with van der Waals surface area (Å²) in [7, 11) is 1.98. The highest BCUT2D eigenvalue weighted by molar-refractivity contribution is 7.09. The molecule has 0 atom stereocenters. The largest absolute Gasteiger partial charge is 0.399 e. The zero-order valence-corrected chi connectivity index (χ0v) is 13.7. The van der Waals surface area contributed by atoms with Crippen LogP contribution in [-0.2, 0) is 12.0 Å². The second-order valence-electron chi connectivity index (χ2n) is 5.86. The topological polar surface area (TPSA) is 55.0 Å². The molecule has 0 amide bonds. The number of aromatic nitrogens is 2. The van der Waals surface area contributed by atoms with Gasteiger partial charge in [0, 0.05) is 41.2 Å². The van der Waals surface area contributed by atoms with E-state index in [4.69, 9.17) is 17.3 Å². The number of anilines is 2. The van der Waals surface area contributed by atoms with Crippen LogP contribution in [0.2, 0.25) is 5.02 Å². The van der Waals surface area contributed by atoms with E-state index >= 15 is 0 Å². The molecule has 108 valence electrons. The smallest absolute Gasteiger partial charge is 0.205 e. The Morgan fingerprint density at radius 3 is 2.65 bits per heavy atom. The summed E-state index contributed by atoms with van der Waals surface area (Å²) in [6.07, 6.45) is 0. The van der Waals surface area contributed by atoms with Gasteiger partial charge in [0.1, 0.15) is 5.82 Å². The van der Waals surface area contributed by atoms with Crippen molar-refractivity contribution in [2.75, 3.05) is 17.7 Å². The van der Waals surface area contributed by atoms with E-state index in [-0.39, 0.29) is 5.41 Å². The summed E-state index contributed by atoms with van der Waals surface area (Å²) in [5.41, 5.74) is 7.46. The molecule has 1 heterocycles. The molecule has 6 heteroatoms. The molecule has 0 radical (unpaired) electrons. The quantitative estimate of drug-likeness (QED) is 0.878. The van der Waals surface area contributed by atoms with Gasteiger partial charge in [-0.05, 0) is 23.8 Å². The van der Waals surface area contributed by atoms with Gasteiger partial charge in [0.05, 0.1) is 0 Å². The number of nitrogen functional groups attached to an aromatic ring is 1. The highest BCUT2D eigenvalue weighted by Gasteiger charge is 2.21. The lowest BCUT2D eigenvalue weighted by molar-refractivity contribution is 0.554. The number of nitrogens with zero attached hydrogens (tertiary/aromatic N) is 3. The van der Waals surface area contributed by atoms with Gasteiger partial charge in [0.25, 0.3) is 0 Å². The van der Waals surface area contributed by atoms with Crippen molar-refractivity contribution in [3.63, 3.8) is 0 Å². The van der Waals surface area contributed by atoms with Gasteiger partial charge >= 0.3 is 0 Å². The monoisotopic (exact) mass is 310 g/mol. The van der Waals surface area contributed by atoms with Crippen molar-refractivity contribution >= 4 is 34.0 Å². The van der Waals surface area contributed by atoms with Crippen LogP contribution >= 0.6 is 23.1 Å². The second-order valence-corrected chi connectivity index (χ2v) is 6.99. The zero-order chi connectivity index (χ0) is 14.9. The maximum Gasteiger partial charge on any atom is 0.205 e. The summed E-state index contributed by atoms with van der Waals surface area (Å²) in [5, 5.41) is 1.60. The fraction of sp³-hybridized carbons (Fsp3) is 0.429. The molecule has 1 aromatic heterocycles. The van der Waals surface area contributed by atoms with Gasteiger partial charge < -0.3 is 10.6 Å². The van der Waals surface area contributed by atoms with Crippen molar-refractivity contribution in [3.05, 3.63) is 34.6 Å². The van der Waals surface area contributed by atoms with E-state index in [1.54, 1.807) is 6.07 Å². The number of hydrogen-bond donors (Lipinski definition) is 1. The lowest BCUT2D eigenvalue weighted by Gasteiger charge is -2.17. The number of halogens is 1. The first-order valence-corrected chi connectivity index (χ1v) is 7.52. The molecule has 2 aromatic rings. The van der Waals surface area contributed by atoms with Gasteiger partial charge in [0.15, 0.2) is 0 Å². The molecule has 0 spiro atoms. The summed E-state index contributed by atoms with van der Waals surface area (Å²) < 4.78 is 4.42. The Morgan fingerprint density at radius 2 is 2.05 bits per heavy atom. The van der Waals surface area contributed by atoms with Gasteiger partial charge in [-0.2, -0.15) is 4.37 Å². The molecular formula is C14H19ClN4S. The first kappa shape index (κ1) is 15.1. The van der Waals surface area contributed by atoms with E-state index in [0.29, 0.717) is 17.3 Å². The van der Waals surface area contributed by atoms with Crippen molar-refractivity contribution in [3.8, 4) is 0 Å². The summed E-state index contributed by atoms with van der Waals surface area (Å²) >= 11 is 7.60. The summed E-state index contributed by atoms with van der Waals surface area (Å²) in [6, 6.07) is 5.51. The Bertz CT molecular complexity index is 603. The average molecular weight is 311 g/mol. The summed E-state index contributed by atoms with van der Waals surface area (Å²) in [5.74, 6) is 0.864. The van der Waals surface area contributed by atoms with Crippen LogP contribution in [0.1, 0.15) is 32.2 Å². The van der Waals surface area contributed by atoms with Gasteiger partial charge in [-0.1, -0.05) is 32.4 Å². The number of hydrogen-bond acceptors (Lipinski definition) is 5. The molecule has 0 bridgehead atoms. The zero-order valence-electron chi connectivity index (χ0n) is 12.1. The van der Waals surface area contributed by atoms with Crippen LogP contribution in [0, 0.1) is 0 Å².